The minimum absolute atomic E-state index is 0.108. The molecule has 33 heavy (non-hydrogen) atoms. The molecule has 1 aromatic rings. The molecular weight excluding hydrogens is 452 g/mol. The summed E-state index contributed by atoms with van der Waals surface area (Å²) in [7, 11) is -3.93. The Hall–Kier alpha value is -1.62. The third-order valence-corrected chi connectivity index (χ3v) is 8.85. The maximum absolute atomic E-state index is 13.5. The van der Waals surface area contributed by atoms with E-state index in [1.807, 2.05) is 4.90 Å². The number of piperidine rings is 1. The number of hydrogen-bond donors (Lipinski definition) is 0. The maximum atomic E-state index is 13.5. The van der Waals surface area contributed by atoms with Crippen LogP contribution in [-0.4, -0.2) is 85.9 Å². The van der Waals surface area contributed by atoms with Crippen LogP contribution < -0.4 is 0 Å². The highest BCUT2D eigenvalue weighted by molar-refractivity contribution is 7.89. The first-order valence-corrected chi connectivity index (χ1v) is 13.2. The zero-order chi connectivity index (χ0) is 23.8. The van der Waals surface area contributed by atoms with E-state index in [0.717, 1.165) is 51.2 Å². The highest BCUT2D eigenvalue weighted by Crippen LogP contribution is 2.29. The standard InChI is InChI=1S/C23H33F2N3O4S/c1-16-13-26(14-17(2)32-16)15-19-4-3-9-28(19)23(29)18-7-10-27(11-8-18)33(30,31)20-5-6-21(24)22(25)12-20/h5-6,12,16-19H,3-4,7-11,13-15H2,1-2H3. The normalized spacial score (nSPS) is 28.4. The van der Waals surface area contributed by atoms with E-state index in [2.05, 4.69) is 18.7 Å². The number of morpholine rings is 1. The maximum Gasteiger partial charge on any atom is 0.243 e. The number of hydrogen-bond acceptors (Lipinski definition) is 5. The highest BCUT2D eigenvalue weighted by Gasteiger charge is 2.38. The van der Waals surface area contributed by atoms with Crippen LogP contribution in [0.4, 0.5) is 8.78 Å². The average Bonchev–Trinajstić information content (AvgIpc) is 3.22. The van der Waals surface area contributed by atoms with E-state index in [9.17, 15) is 22.0 Å². The molecule has 3 atom stereocenters. The van der Waals surface area contributed by atoms with Gasteiger partial charge in [0, 0.05) is 51.2 Å². The number of halogens is 2. The van der Waals surface area contributed by atoms with Crippen LogP contribution >= 0.6 is 0 Å². The van der Waals surface area contributed by atoms with Crippen molar-refractivity contribution in [3.63, 3.8) is 0 Å². The molecule has 10 heteroatoms. The first-order chi connectivity index (χ1) is 15.6. The van der Waals surface area contributed by atoms with E-state index in [-0.39, 0.29) is 48.1 Å². The van der Waals surface area contributed by atoms with Gasteiger partial charge in [-0.05, 0) is 57.7 Å². The van der Waals surface area contributed by atoms with Gasteiger partial charge in [0.2, 0.25) is 15.9 Å². The Labute approximate surface area is 194 Å². The molecule has 0 spiro atoms. The topological polar surface area (TPSA) is 70.2 Å². The lowest BCUT2D eigenvalue weighted by molar-refractivity contribution is -0.138. The van der Waals surface area contributed by atoms with Crippen LogP contribution in [0.25, 0.3) is 0 Å². The number of carbonyl (C=O) groups is 1. The van der Waals surface area contributed by atoms with E-state index in [4.69, 9.17) is 4.74 Å². The molecule has 3 fully saturated rings. The number of ether oxygens (including phenoxy) is 1. The predicted molar refractivity (Wildman–Crippen MR) is 119 cm³/mol. The number of sulfonamides is 1. The van der Waals surface area contributed by atoms with Crippen molar-refractivity contribution < 1.29 is 26.7 Å². The number of benzene rings is 1. The molecule has 0 saturated carbocycles. The SMILES string of the molecule is CC1CN(CC2CCCN2C(=O)C2CCN(S(=O)(=O)c3ccc(F)c(F)c3)CC2)CC(C)O1. The number of carbonyl (C=O) groups excluding carboxylic acids is 1. The lowest BCUT2D eigenvalue weighted by atomic mass is 9.96. The molecule has 3 heterocycles. The number of amides is 1. The molecule has 0 aliphatic carbocycles. The van der Waals surface area contributed by atoms with E-state index in [1.165, 1.54) is 4.31 Å². The van der Waals surface area contributed by atoms with Crippen LogP contribution in [-0.2, 0) is 19.6 Å². The van der Waals surface area contributed by atoms with Gasteiger partial charge < -0.3 is 9.64 Å². The van der Waals surface area contributed by atoms with Crippen molar-refractivity contribution in [2.45, 2.75) is 62.7 Å². The average molecular weight is 486 g/mol. The molecule has 1 amide bonds. The van der Waals surface area contributed by atoms with Crippen molar-refractivity contribution in [1.82, 2.24) is 14.1 Å². The number of nitrogens with zero attached hydrogens (tertiary/aromatic N) is 3. The first kappa shape index (κ1) is 24.5. The second-order valence-corrected chi connectivity index (χ2v) is 11.5. The van der Waals surface area contributed by atoms with Gasteiger partial charge in [0.25, 0.3) is 0 Å². The Bertz CT molecular complexity index is 958. The van der Waals surface area contributed by atoms with Crippen LogP contribution in [0.1, 0.15) is 39.5 Å². The molecule has 0 bridgehead atoms. The fourth-order valence-corrected chi connectivity index (χ4v) is 6.89. The van der Waals surface area contributed by atoms with Crippen LogP contribution in [0, 0.1) is 17.6 Å². The van der Waals surface area contributed by atoms with E-state index in [1.54, 1.807) is 0 Å². The second kappa shape index (κ2) is 9.93. The molecule has 3 aliphatic rings. The van der Waals surface area contributed by atoms with Crippen LogP contribution in [0.5, 0.6) is 0 Å². The van der Waals surface area contributed by atoms with Crippen LogP contribution in [0.15, 0.2) is 23.1 Å². The van der Waals surface area contributed by atoms with Crippen molar-refractivity contribution in [2.75, 3.05) is 39.3 Å². The van der Waals surface area contributed by atoms with E-state index in [0.29, 0.717) is 18.9 Å². The summed E-state index contributed by atoms with van der Waals surface area (Å²) in [5.41, 5.74) is 0. The van der Waals surface area contributed by atoms with Crippen LogP contribution in [0.3, 0.4) is 0 Å². The van der Waals surface area contributed by atoms with Gasteiger partial charge in [-0.15, -0.1) is 0 Å². The van der Waals surface area contributed by atoms with Gasteiger partial charge in [-0.3, -0.25) is 9.69 Å². The molecule has 0 aromatic heterocycles. The van der Waals surface area contributed by atoms with Gasteiger partial charge in [0.1, 0.15) is 0 Å². The summed E-state index contributed by atoms with van der Waals surface area (Å²) in [5.74, 6) is -2.38. The van der Waals surface area contributed by atoms with E-state index < -0.39 is 21.7 Å². The van der Waals surface area contributed by atoms with Gasteiger partial charge in [-0.25, -0.2) is 17.2 Å². The smallest absolute Gasteiger partial charge is 0.243 e. The zero-order valence-electron chi connectivity index (χ0n) is 19.3. The lowest BCUT2D eigenvalue weighted by Crippen LogP contribution is -2.52. The zero-order valence-corrected chi connectivity index (χ0v) is 20.1. The summed E-state index contributed by atoms with van der Waals surface area (Å²) in [5, 5.41) is 0. The molecule has 184 valence electrons. The second-order valence-electron chi connectivity index (χ2n) is 9.56. The summed E-state index contributed by atoms with van der Waals surface area (Å²) in [6, 6.07) is 2.79. The Morgan fingerprint density at radius 1 is 1.03 bits per heavy atom. The fraction of sp³-hybridized carbons (Fsp3) is 0.696. The molecule has 0 N–H and O–H groups in total. The van der Waals surface area contributed by atoms with Crippen molar-refractivity contribution in [2.24, 2.45) is 5.92 Å². The van der Waals surface area contributed by atoms with E-state index >= 15 is 0 Å². The van der Waals surface area contributed by atoms with Crippen molar-refractivity contribution in [3.05, 3.63) is 29.8 Å². The molecule has 3 aliphatic heterocycles. The van der Waals surface area contributed by atoms with Crippen LogP contribution in [0.2, 0.25) is 0 Å². The van der Waals surface area contributed by atoms with Gasteiger partial charge in [0.15, 0.2) is 11.6 Å². The Morgan fingerprint density at radius 2 is 1.70 bits per heavy atom. The third kappa shape index (κ3) is 5.39. The molecule has 1 aromatic carbocycles. The van der Waals surface area contributed by atoms with Crippen molar-refractivity contribution in [1.29, 1.82) is 0 Å². The quantitative estimate of drug-likeness (QED) is 0.641. The predicted octanol–water partition coefficient (Wildman–Crippen LogP) is 2.47. The molecule has 7 nitrogen and oxygen atoms in total. The minimum atomic E-state index is -3.93. The summed E-state index contributed by atoms with van der Waals surface area (Å²) < 4.78 is 59.5. The molecule has 3 unspecified atom stereocenters. The largest absolute Gasteiger partial charge is 0.373 e. The van der Waals surface area contributed by atoms with Gasteiger partial charge in [-0.1, -0.05) is 0 Å². The number of likely N-dealkylation sites (tertiary alicyclic amines) is 1. The van der Waals surface area contributed by atoms with Crippen molar-refractivity contribution >= 4 is 15.9 Å². The van der Waals surface area contributed by atoms with Gasteiger partial charge in [-0.2, -0.15) is 4.31 Å². The Balaban J connectivity index is 1.35. The number of rotatable bonds is 5. The Kier molecular flexibility index (Phi) is 7.38. The molecular formula is C23H33F2N3O4S. The minimum Gasteiger partial charge on any atom is -0.373 e. The Morgan fingerprint density at radius 3 is 2.33 bits per heavy atom. The summed E-state index contributed by atoms with van der Waals surface area (Å²) in [6.45, 7) is 7.83. The molecule has 3 saturated heterocycles. The monoisotopic (exact) mass is 485 g/mol. The third-order valence-electron chi connectivity index (χ3n) is 6.96. The van der Waals surface area contributed by atoms with Gasteiger partial charge >= 0.3 is 0 Å². The lowest BCUT2D eigenvalue weighted by Gasteiger charge is -2.39. The summed E-state index contributed by atoms with van der Waals surface area (Å²) in [4.78, 5) is 17.4. The summed E-state index contributed by atoms with van der Waals surface area (Å²) >= 11 is 0. The first-order valence-electron chi connectivity index (χ1n) is 11.8. The van der Waals surface area contributed by atoms with Crippen molar-refractivity contribution in [3.8, 4) is 0 Å². The fourth-order valence-electron chi connectivity index (χ4n) is 5.41. The highest BCUT2D eigenvalue weighted by atomic mass is 32.2. The summed E-state index contributed by atoms with van der Waals surface area (Å²) in [6.07, 6.45) is 3.18. The molecule has 0 radical (unpaired) electrons. The molecule has 4 rings (SSSR count). The van der Waals surface area contributed by atoms with Gasteiger partial charge in [0.05, 0.1) is 17.1 Å².